The number of benzene rings is 1. The van der Waals surface area contributed by atoms with Crippen LogP contribution in [0.4, 0.5) is 11.4 Å². The molecule has 5 rings (SSSR count). The fourth-order valence-electron chi connectivity index (χ4n) is 5.52. The van der Waals surface area contributed by atoms with Crippen molar-refractivity contribution in [3.05, 3.63) is 84.7 Å². The topological polar surface area (TPSA) is 202 Å². The second-order valence-corrected chi connectivity index (χ2v) is 11.6. The van der Waals surface area contributed by atoms with E-state index >= 15 is 0 Å². The number of fused-ring (bicyclic) bond motifs is 3. The largest absolute Gasteiger partial charge is 0.491 e. The number of aromatic nitrogens is 5. The lowest BCUT2D eigenvalue weighted by Gasteiger charge is -2.28. The van der Waals surface area contributed by atoms with Gasteiger partial charge in [-0.2, -0.15) is 0 Å². The number of amides is 3. The quantitative estimate of drug-likeness (QED) is 0.128. The molecule has 0 saturated carbocycles. The van der Waals surface area contributed by atoms with Gasteiger partial charge in [0.25, 0.3) is 5.91 Å². The van der Waals surface area contributed by atoms with Crippen molar-refractivity contribution in [3.8, 4) is 5.75 Å². The van der Waals surface area contributed by atoms with Gasteiger partial charge in [0.15, 0.2) is 0 Å². The maximum Gasteiger partial charge on any atom is 0.255 e. The number of rotatable bonds is 12. The van der Waals surface area contributed by atoms with E-state index in [1.807, 2.05) is 24.3 Å². The number of aliphatic hydroxyl groups excluding tert-OH is 2. The second-order valence-electron chi connectivity index (χ2n) is 11.6. The smallest absolute Gasteiger partial charge is 0.255 e. The number of hydrogen-bond acceptors (Lipinski definition) is 10. The van der Waals surface area contributed by atoms with Crippen LogP contribution in [0.3, 0.4) is 0 Å². The number of pyridine rings is 1. The molecule has 15 nitrogen and oxygen atoms in total. The summed E-state index contributed by atoms with van der Waals surface area (Å²) < 4.78 is 6.18. The third-order valence-electron chi connectivity index (χ3n) is 7.91. The van der Waals surface area contributed by atoms with Crippen LogP contribution in [0.15, 0.2) is 67.8 Å². The van der Waals surface area contributed by atoms with Gasteiger partial charge in [0.2, 0.25) is 11.8 Å². The standard InChI is InChI=1S/C33H41N9O6/c43-19-26(11-24-14-35-21-37-24)39-31(45)17-41-8-4-1-5-9-48-30-7-3-2-6-29(30)42(28-10-23(33(41)47)13-34-16-28)18-32(46)40-27(20-44)12-25-15-36-22-38-25/h2-3,6-7,10,13-16,21-22,26-27,43-44H,1,4-5,8-9,11-12,17-20H2,(H,35,37)(H,36,38)(H,39,45)(H,40,46)/t26-,27-/m0/s1. The molecule has 1 aliphatic rings. The highest BCUT2D eigenvalue weighted by atomic mass is 16.5. The minimum atomic E-state index is -0.556. The molecule has 0 unspecified atom stereocenters. The second kappa shape index (κ2) is 17.0. The highest BCUT2D eigenvalue weighted by molar-refractivity contribution is 5.97. The zero-order chi connectivity index (χ0) is 33.7. The maximum absolute atomic E-state index is 13.9. The summed E-state index contributed by atoms with van der Waals surface area (Å²) in [5, 5.41) is 25.5. The van der Waals surface area contributed by atoms with Crippen molar-refractivity contribution in [2.75, 3.05) is 44.4 Å². The Balaban J connectivity index is 1.38. The van der Waals surface area contributed by atoms with E-state index < -0.39 is 18.0 Å². The molecule has 254 valence electrons. The first-order chi connectivity index (χ1) is 23.4. The van der Waals surface area contributed by atoms with Crippen molar-refractivity contribution in [2.45, 2.75) is 44.2 Å². The highest BCUT2D eigenvalue weighted by Gasteiger charge is 2.25. The number of carbonyl (C=O) groups is 3. The predicted molar refractivity (Wildman–Crippen MR) is 176 cm³/mol. The van der Waals surface area contributed by atoms with Gasteiger partial charge in [0, 0.05) is 49.4 Å². The van der Waals surface area contributed by atoms with Gasteiger partial charge in [-0.25, -0.2) is 9.97 Å². The summed E-state index contributed by atoms with van der Waals surface area (Å²) in [6, 6.07) is 7.87. The minimum Gasteiger partial charge on any atom is -0.491 e. The lowest BCUT2D eigenvalue weighted by Crippen LogP contribution is -2.46. The Kier molecular flexibility index (Phi) is 12.1. The van der Waals surface area contributed by atoms with E-state index in [4.69, 9.17) is 4.74 Å². The molecule has 0 aliphatic carbocycles. The van der Waals surface area contributed by atoms with E-state index in [1.165, 1.54) is 23.8 Å². The van der Waals surface area contributed by atoms with E-state index in [9.17, 15) is 24.6 Å². The van der Waals surface area contributed by atoms with Gasteiger partial charge < -0.3 is 45.4 Å². The number of ether oxygens (including phenoxy) is 1. The zero-order valence-electron chi connectivity index (χ0n) is 26.5. The molecule has 15 heteroatoms. The van der Waals surface area contributed by atoms with Crippen LogP contribution in [0, 0.1) is 0 Å². The van der Waals surface area contributed by atoms with Gasteiger partial charge in [-0.3, -0.25) is 19.4 Å². The van der Waals surface area contributed by atoms with E-state index in [1.54, 1.807) is 29.6 Å². The summed E-state index contributed by atoms with van der Waals surface area (Å²) in [6.07, 6.45) is 12.1. The summed E-state index contributed by atoms with van der Waals surface area (Å²) in [5.41, 5.74) is 2.84. The molecule has 4 aromatic rings. The number of para-hydroxylation sites is 2. The molecule has 0 radical (unpaired) electrons. The SMILES string of the molecule is O=C(CN1CCCCCOc2ccccc2N(CC(=O)N[C@H](CO)Cc2cnc[nH]2)c2cncc(c2)C1=O)N[C@H](CO)Cc1cnc[nH]1. The fraction of sp³-hybridized carbons (Fsp3) is 0.394. The molecule has 6 N–H and O–H groups in total. The Morgan fingerprint density at radius 3 is 2.17 bits per heavy atom. The third kappa shape index (κ3) is 9.39. The molecule has 3 aromatic heterocycles. The molecule has 0 fully saturated rings. The van der Waals surface area contributed by atoms with E-state index in [0.717, 1.165) is 17.8 Å². The lowest BCUT2D eigenvalue weighted by molar-refractivity contribution is -0.123. The molecular weight excluding hydrogens is 618 g/mol. The summed E-state index contributed by atoms with van der Waals surface area (Å²) in [5.74, 6) is -0.592. The average Bonchev–Trinajstić information content (AvgIpc) is 3.82. The highest BCUT2D eigenvalue weighted by Crippen LogP contribution is 2.34. The van der Waals surface area contributed by atoms with Crippen molar-refractivity contribution in [3.63, 3.8) is 0 Å². The van der Waals surface area contributed by atoms with Crippen LogP contribution in [0.5, 0.6) is 5.75 Å². The first kappa shape index (κ1) is 34.1. The Morgan fingerprint density at radius 1 is 0.854 bits per heavy atom. The fourth-order valence-corrected chi connectivity index (χ4v) is 5.52. The van der Waals surface area contributed by atoms with Crippen molar-refractivity contribution >= 4 is 29.1 Å². The maximum atomic E-state index is 13.9. The first-order valence-electron chi connectivity index (χ1n) is 15.9. The van der Waals surface area contributed by atoms with Crippen molar-refractivity contribution in [1.29, 1.82) is 0 Å². The zero-order valence-corrected chi connectivity index (χ0v) is 26.5. The van der Waals surface area contributed by atoms with E-state index in [-0.39, 0.29) is 43.7 Å². The van der Waals surface area contributed by atoms with Crippen LogP contribution in [-0.2, 0) is 22.4 Å². The summed E-state index contributed by atoms with van der Waals surface area (Å²) >= 11 is 0. The summed E-state index contributed by atoms with van der Waals surface area (Å²) in [6.45, 7) is -0.203. The van der Waals surface area contributed by atoms with Gasteiger partial charge in [0.05, 0.1) is 74.2 Å². The molecular formula is C33H41N9O6. The Bertz CT molecular complexity index is 1620. The van der Waals surface area contributed by atoms with Gasteiger partial charge in [-0.15, -0.1) is 0 Å². The summed E-state index contributed by atoms with van der Waals surface area (Å²) in [4.78, 5) is 61.9. The van der Waals surface area contributed by atoms with Crippen LogP contribution in [0.25, 0.3) is 0 Å². The van der Waals surface area contributed by atoms with Gasteiger partial charge in [-0.05, 0) is 37.5 Å². The van der Waals surface area contributed by atoms with E-state index in [2.05, 4.69) is 35.6 Å². The number of aromatic amines is 2. The molecule has 1 aliphatic heterocycles. The Hall–Kier alpha value is -5.28. The molecule has 0 saturated heterocycles. The summed E-state index contributed by atoms with van der Waals surface area (Å²) in [7, 11) is 0. The van der Waals surface area contributed by atoms with Crippen molar-refractivity contribution in [2.24, 2.45) is 0 Å². The molecule has 48 heavy (non-hydrogen) atoms. The molecule has 0 spiro atoms. The Morgan fingerprint density at radius 2 is 1.52 bits per heavy atom. The van der Waals surface area contributed by atoms with Crippen LogP contribution in [0.2, 0.25) is 0 Å². The minimum absolute atomic E-state index is 0.163. The van der Waals surface area contributed by atoms with Gasteiger partial charge in [-0.1, -0.05) is 12.1 Å². The number of anilines is 2. The molecule has 2 bridgehead atoms. The molecule has 2 atom stereocenters. The first-order valence-corrected chi connectivity index (χ1v) is 15.9. The molecule has 4 heterocycles. The number of imidazole rings is 2. The van der Waals surface area contributed by atoms with E-state index in [0.29, 0.717) is 56.0 Å². The number of H-pyrrole nitrogens is 2. The number of aliphatic hydroxyl groups is 2. The van der Waals surface area contributed by atoms with Crippen molar-refractivity contribution < 1.29 is 29.3 Å². The normalized spacial score (nSPS) is 15.1. The van der Waals surface area contributed by atoms with Crippen molar-refractivity contribution in [1.82, 2.24) is 40.5 Å². The lowest BCUT2D eigenvalue weighted by atomic mass is 10.1. The monoisotopic (exact) mass is 659 g/mol. The Labute approximate surface area is 277 Å². The number of nitrogens with zero attached hydrogens (tertiary/aromatic N) is 5. The molecule has 1 aromatic carbocycles. The van der Waals surface area contributed by atoms with Crippen LogP contribution in [0.1, 0.15) is 41.0 Å². The average molecular weight is 660 g/mol. The van der Waals surface area contributed by atoms with Gasteiger partial charge in [0.1, 0.15) is 12.3 Å². The number of hydrogen-bond donors (Lipinski definition) is 6. The van der Waals surface area contributed by atoms with Gasteiger partial charge >= 0.3 is 0 Å². The predicted octanol–water partition coefficient (Wildman–Crippen LogP) is 1.11. The number of nitrogens with one attached hydrogen (secondary N) is 4. The van der Waals surface area contributed by atoms with Crippen LogP contribution < -0.4 is 20.3 Å². The third-order valence-corrected chi connectivity index (χ3v) is 7.91. The van der Waals surface area contributed by atoms with Crippen LogP contribution in [-0.4, -0.2) is 109 Å². The number of carbonyl (C=O) groups excluding carboxylic acids is 3. The van der Waals surface area contributed by atoms with Crippen LogP contribution >= 0.6 is 0 Å². The molecule has 3 amide bonds.